The largest absolute Gasteiger partial charge is 0.489 e. The fourth-order valence-corrected chi connectivity index (χ4v) is 2.90. The highest BCUT2D eigenvalue weighted by Gasteiger charge is 2.21. The molecule has 0 heterocycles. The molecule has 0 saturated carbocycles. The predicted octanol–water partition coefficient (Wildman–Crippen LogP) is 3.66. The Bertz CT molecular complexity index is 598. The number of ether oxygens (including phenoxy) is 2. The van der Waals surface area contributed by atoms with E-state index in [1.165, 1.54) is 13.2 Å². The number of nitrogens with zero attached hydrogens (tertiary/aromatic N) is 1. The van der Waals surface area contributed by atoms with Gasteiger partial charge in [0.05, 0.1) is 15.6 Å². The number of nitro benzene ring substituents is 1. The molecule has 23 heavy (non-hydrogen) atoms. The second-order valence-corrected chi connectivity index (χ2v) is 7.30. The van der Waals surface area contributed by atoms with E-state index < -0.39 is 16.6 Å². The van der Waals surface area contributed by atoms with Crippen LogP contribution < -0.4 is 10.1 Å². The van der Waals surface area contributed by atoms with Gasteiger partial charge in [-0.2, -0.15) is 0 Å². The third-order valence-corrected chi connectivity index (χ3v) is 3.59. The number of benzene rings is 1. The summed E-state index contributed by atoms with van der Waals surface area (Å²) in [5.41, 5.74) is 0.0854. The van der Waals surface area contributed by atoms with Gasteiger partial charge in [0.25, 0.3) is 0 Å². The molecule has 0 aliphatic carbocycles. The van der Waals surface area contributed by atoms with Gasteiger partial charge in [0.2, 0.25) is 5.75 Å². The van der Waals surface area contributed by atoms with Gasteiger partial charge in [0, 0.05) is 12.1 Å². The van der Waals surface area contributed by atoms with Crippen LogP contribution in [0.4, 0.5) is 10.5 Å². The average molecular weight is 436 g/mol. The number of nitro groups is 1. The van der Waals surface area contributed by atoms with Gasteiger partial charge in [-0.1, -0.05) is 0 Å². The van der Waals surface area contributed by atoms with Crippen molar-refractivity contribution in [3.05, 3.63) is 31.4 Å². The summed E-state index contributed by atoms with van der Waals surface area (Å²) in [6.07, 6.45) is -0.0669. The molecular formula is C15H21IN2O5. The van der Waals surface area contributed by atoms with Crippen molar-refractivity contribution in [1.82, 2.24) is 5.32 Å². The summed E-state index contributed by atoms with van der Waals surface area (Å²) in [5.74, 6) is 0.243. The summed E-state index contributed by atoms with van der Waals surface area (Å²) < 4.78 is 10.9. The van der Waals surface area contributed by atoms with E-state index in [4.69, 9.17) is 9.47 Å². The number of hydrogen-bond acceptors (Lipinski definition) is 5. The SMILES string of the molecule is COc1c(I)cc(C[C@@H](C)NC(=O)OC(C)(C)C)cc1[N+](=O)[O-]. The molecule has 0 aromatic heterocycles. The highest BCUT2D eigenvalue weighted by molar-refractivity contribution is 14.1. The van der Waals surface area contributed by atoms with Gasteiger partial charge >= 0.3 is 11.8 Å². The Balaban J connectivity index is 2.85. The van der Waals surface area contributed by atoms with E-state index in [0.29, 0.717) is 9.99 Å². The van der Waals surface area contributed by atoms with Crippen molar-refractivity contribution in [2.24, 2.45) is 0 Å². The van der Waals surface area contributed by atoms with Crippen LogP contribution in [0.3, 0.4) is 0 Å². The summed E-state index contributed by atoms with van der Waals surface area (Å²) in [7, 11) is 1.40. The summed E-state index contributed by atoms with van der Waals surface area (Å²) in [5, 5.41) is 13.9. The Morgan fingerprint density at radius 2 is 2.04 bits per heavy atom. The Hall–Kier alpha value is -1.58. The van der Waals surface area contributed by atoms with Crippen LogP contribution >= 0.6 is 22.6 Å². The Morgan fingerprint density at radius 3 is 2.52 bits per heavy atom. The monoisotopic (exact) mass is 436 g/mol. The van der Waals surface area contributed by atoms with Crippen LogP contribution in [-0.2, 0) is 11.2 Å². The molecule has 0 unspecified atom stereocenters. The fraction of sp³-hybridized carbons (Fsp3) is 0.533. The molecular weight excluding hydrogens is 415 g/mol. The van der Waals surface area contributed by atoms with Crippen LogP contribution in [0.2, 0.25) is 0 Å². The fourth-order valence-electron chi connectivity index (χ4n) is 2.00. The van der Waals surface area contributed by atoms with Gasteiger partial charge in [-0.15, -0.1) is 0 Å². The minimum atomic E-state index is -0.571. The number of carbonyl (C=O) groups excluding carboxylic acids is 1. The van der Waals surface area contributed by atoms with Crippen molar-refractivity contribution in [2.45, 2.75) is 45.8 Å². The molecule has 0 bridgehead atoms. The molecule has 1 atom stereocenters. The number of halogens is 1. The van der Waals surface area contributed by atoms with E-state index in [1.807, 2.05) is 29.5 Å². The number of amides is 1. The first-order chi connectivity index (χ1) is 10.5. The van der Waals surface area contributed by atoms with Gasteiger partial charge in [0.15, 0.2) is 0 Å². The highest BCUT2D eigenvalue weighted by atomic mass is 127. The van der Waals surface area contributed by atoms with Gasteiger partial charge in [0.1, 0.15) is 5.60 Å². The zero-order chi connectivity index (χ0) is 17.8. The zero-order valence-corrected chi connectivity index (χ0v) is 16.0. The van der Waals surface area contributed by atoms with Crippen LogP contribution in [0.5, 0.6) is 5.75 Å². The van der Waals surface area contributed by atoms with Gasteiger partial charge in [-0.05, 0) is 68.3 Å². The Kier molecular flexibility index (Phi) is 6.60. The van der Waals surface area contributed by atoms with E-state index in [-0.39, 0.29) is 17.5 Å². The van der Waals surface area contributed by atoms with Crippen LogP contribution in [0.25, 0.3) is 0 Å². The molecule has 1 aromatic rings. The second-order valence-electron chi connectivity index (χ2n) is 6.14. The quantitative estimate of drug-likeness (QED) is 0.432. The topological polar surface area (TPSA) is 90.7 Å². The van der Waals surface area contributed by atoms with Gasteiger partial charge in [-0.25, -0.2) is 4.79 Å². The number of nitrogens with one attached hydrogen (secondary N) is 1. The summed E-state index contributed by atoms with van der Waals surface area (Å²) in [4.78, 5) is 22.4. The lowest BCUT2D eigenvalue weighted by Crippen LogP contribution is -2.38. The minimum absolute atomic E-state index is 0.0844. The number of hydrogen-bond donors (Lipinski definition) is 1. The standard InChI is InChI=1S/C15H21IN2O5/c1-9(17-14(19)23-15(2,3)4)6-10-7-11(16)13(22-5)12(8-10)18(20)21/h7-9H,6H2,1-5H3,(H,17,19)/t9-/m1/s1. The lowest BCUT2D eigenvalue weighted by Gasteiger charge is -2.22. The summed E-state index contributed by atoms with van der Waals surface area (Å²) in [6, 6.07) is 3.04. The van der Waals surface area contributed by atoms with Crippen LogP contribution in [-0.4, -0.2) is 29.8 Å². The van der Waals surface area contributed by atoms with Crippen LogP contribution in [0.1, 0.15) is 33.3 Å². The predicted molar refractivity (Wildman–Crippen MR) is 94.9 cm³/mol. The van der Waals surface area contributed by atoms with Gasteiger partial charge < -0.3 is 14.8 Å². The van der Waals surface area contributed by atoms with Crippen LogP contribution in [0, 0.1) is 13.7 Å². The maximum Gasteiger partial charge on any atom is 0.407 e. The van der Waals surface area contributed by atoms with E-state index in [9.17, 15) is 14.9 Å². The van der Waals surface area contributed by atoms with E-state index in [2.05, 4.69) is 5.32 Å². The molecule has 0 saturated heterocycles. The van der Waals surface area contributed by atoms with E-state index in [1.54, 1.807) is 26.8 Å². The summed E-state index contributed by atoms with van der Waals surface area (Å²) in [6.45, 7) is 7.16. The van der Waals surface area contributed by atoms with E-state index in [0.717, 1.165) is 5.56 Å². The Morgan fingerprint density at radius 1 is 1.43 bits per heavy atom. The smallest absolute Gasteiger partial charge is 0.407 e. The number of carbonyl (C=O) groups is 1. The third kappa shape index (κ3) is 6.20. The number of alkyl carbamates (subject to hydrolysis) is 1. The molecule has 1 rings (SSSR count). The number of rotatable bonds is 5. The molecule has 0 spiro atoms. The Labute approximate surface area is 149 Å². The molecule has 0 radical (unpaired) electrons. The van der Waals surface area contributed by atoms with Crippen molar-refractivity contribution in [1.29, 1.82) is 0 Å². The molecule has 0 aliphatic rings. The highest BCUT2D eigenvalue weighted by Crippen LogP contribution is 2.33. The molecule has 8 heteroatoms. The lowest BCUT2D eigenvalue weighted by molar-refractivity contribution is -0.385. The molecule has 0 fully saturated rings. The third-order valence-electron chi connectivity index (χ3n) is 2.79. The molecule has 7 nitrogen and oxygen atoms in total. The number of methoxy groups -OCH3 is 1. The van der Waals surface area contributed by atoms with Crippen LogP contribution in [0.15, 0.2) is 12.1 Å². The van der Waals surface area contributed by atoms with Crippen molar-refractivity contribution in [3.63, 3.8) is 0 Å². The maximum atomic E-state index is 11.7. The van der Waals surface area contributed by atoms with Crippen molar-refractivity contribution in [3.8, 4) is 5.75 Å². The molecule has 1 amide bonds. The molecule has 1 aromatic carbocycles. The van der Waals surface area contributed by atoms with Gasteiger partial charge in [-0.3, -0.25) is 10.1 Å². The first kappa shape index (κ1) is 19.5. The molecule has 128 valence electrons. The van der Waals surface area contributed by atoms with Crippen molar-refractivity contribution >= 4 is 34.4 Å². The summed E-state index contributed by atoms with van der Waals surface area (Å²) >= 11 is 1.99. The lowest BCUT2D eigenvalue weighted by atomic mass is 10.1. The maximum absolute atomic E-state index is 11.7. The minimum Gasteiger partial charge on any atom is -0.489 e. The van der Waals surface area contributed by atoms with E-state index >= 15 is 0 Å². The first-order valence-corrected chi connectivity index (χ1v) is 8.11. The van der Waals surface area contributed by atoms with Crippen molar-refractivity contribution in [2.75, 3.05) is 7.11 Å². The average Bonchev–Trinajstić information content (AvgIpc) is 2.34. The van der Waals surface area contributed by atoms with Crippen molar-refractivity contribution < 1.29 is 19.2 Å². The second kappa shape index (κ2) is 7.80. The molecule has 0 aliphatic heterocycles. The first-order valence-electron chi connectivity index (χ1n) is 7.04. The molecule has 1 N–H and O–H groups in total. The zero-order valence-electron chi connectivity index (χ0n) is 13.8. The normalized spacial score (nSPS) is 12.4.